The van der Waals surface area contributed by atoms with Crippen molar-refractivity contribution in [3.8, 4) is 0 Å². The fraction of sp³-hybridized carbons (Fsp3) is 0.900. The fourth-order valence-corrected chi connectivity index (χ4v) is 2.11. The molecule has 204 valence electrons. The molecule has 0 rings (SSSR count). The average molecular weight is 533 g/mol. The first kappa shape index (κ1) is 44.3. The quantitative estimate of drug-likeness (QED) is 0.0331. The molecule has 0 bridgehead atoms. The molecule has 0 heterocycles. The molecule has 0 aromatic rings. The molecular formula is C20H45NaO12S. The Kier molecular flexibility index (Phi) is 43.3. The minimum Gasteiger partial charge on any atom is -0.394 e. The Bertz CT molecular complexity index is 462. The van der Waals surface area contributed by atoms with Gasteiger partial charge in [-0.2, -0.15) is 14.8 Å². The molecule has 0 radical (unpaired) electrons. The van der Waals surface area contributed by atoms with Crippen LogP contribution in [0.2, 0.25) is 0 Å². The minimum atomic E-state index is -4.67. The van der Waals surface area contributed by atoms with E-state index in [1.165, 1.54) is 57.8 Å². The Morgan fingerprint density at radius 3 is 1.38 bits per heavy atom. The van der Waals surface area contributed by atoms with Gasteiger partial charge in [0.15, 0.2) is 6.29 Å². The molecule has 0 aliphatic rings. The van der Waals surface area contributed by atoms with Gasteiger partial charge in [-0.3, -0.25) is 9.11 Å². The van der Waals surface area contributed by atoms with E-state index >= 15 is 0 Å². The standard InChI is InChI=1S/C12H25.C6H12O6.C2H6O2.Na.H2O4S/c1-3-5-7-9-11-12-10-8-6-4-2;7-1-3(9)5(11)6(12)4(10)2-8;3-1-2-4;;1-5(2,3)4/h1,3-12H2,2H3;1,3-6,8-12H,2H2;3-4H,1-2H2;;(H2,1,2,3,4)/q-1;;;+1;. The van der Waals surface area contributed by atoms with Gasteiger partial charge in [0, 0.05) is 0 Å². The largest absolute Gasteiger partial charge is 1.00 e. The first-order valence-corrected chi connectivity index (χ1v) is 12.3. The zero-order chi connectivity index (χ0) is 26.7. The van der Waals surface area contributed by atoms with Crippen molar-refractivity contribution in [2.45, 2.75) is 95.5 Å². The Hall–Kier alpha value is 0.260. The van der Waals surface area contributed by atoms with E-state index < -0.39 is 41.4 Å². The van der Waals surface area contributed by atoms with Crippen LogP contribution in [0.5, 0.6) is 0 Å². The van der Waals surface area contributed by atoms with Crippen molar-refractivity contribution in [3.05, 3.63) is 6.92 Å². The van der Waals surface area contributed by atoms with E-state index in [4.69, 9.17) is 53.3 Å². The van der Waals surface area contributed by atoms with Crippen LogP contribution in [-0.2, 0) is 15.2 Å². The predicted molar refractivity (Wildman–Crippen MR) is 123 cm³/mol. The van der Waals surface area contributed by atoms with E-state index in [9.17, 15) is 4.79 Å². The number of unbranched alkanes of at least 4 members (excludes halogenated alkanes) is 9. The maximum atomic E-state index is 9.90. The molecule has 0 saturated carbocycles. The molecule has 9 N–H and O–H groups in total. The summed E-state index contributed by atoms with van der Waals surface area (Å²) in [5.74, 6) is 0. The molecular weight excluding hydrogens is 487 g/mol. The van der Waals surface area contributed by atoms with Crippen LogP contribution in [0.3, 0.4) is 0 Å². The van der Waals surface area contributed by atoms with Gasteiger partial charge in [0.05, 0.1) is 19.8 Å². The molecule has 4 unspecified atom stereocenters. The van der Waals surface area contributed by atoms with E-state index in [0.29, 0.717) is 0 Å². The minimum absolute atomic E-state index is 0. The van der Waals surface area contributed by atoms with Crippen LogP contribution in [0, 0.1) is 6.92 Å². The van der Waals surface area contributed by atoms with Gasteiger partial charge in [-0.05, 0) is 0 Å². The van der Waals surface area contributed by atoms with Crippen LogP contribution in [0.4, 0.5) is 0 Å². The first-order valence-electron chi connectivity index (χ1n) is 10.9. The van der Waals surface area contributed by atoms with Gasteiger partial charge in [0.25, 0.3) is 0 Å². The van der Waals surface area contributed by atoms with Crippen molar-refractivity contribution >= 4 is 16.7 Å². The summed E-state index contributed by atoms with van der Waals surface area (Å²) in [4.78, 5) is 9.90. The summed E-state index contributed by atoms with van der Waals surface area (Å²) in [7, 11) is -4.67. The van der Waals surface area contributed by atoms with Crippen LogP contribution in [-0.4, -0.2) is 104 Å². The van der Waals surface area contributed by atoms with Gasteiger partial charge in [-0.1, -0.05) is 64.7 Å². The Morgan fingerprint density at radius 2 is 1.12 bits per heavy atom. The normalized spacial score (nSPS) is 13.7. The van der Waals surface area contributed by atoms with Crippen LogP contribution < -0.4 is 29.6 Å². The van der Waals surface area contributed by atoms with Crippen LogP contribution in [0.1, 0.15) is 71.1 Å². The second-order valence-electron chi connectivity index (χ2n) is 6.93. The second-order valence-corrected chi connectivity index (χ2v) is 7.83. The summed E-state index contributed by atoms with van der Waals surface area (Å²) in [6.07, 6.45) is 7.04. The average Bonchev–Trinajstić information content (AvgIpc) is 2.78. The van der Waals surface area contributed by atoms with Gasteiger partial charge < -0.3 is 47.5 Å². The number of hydrogen-bond donors (Lipinski definition) is 9. The molecule has 0 saturated heterocycles. The third-order valence-electron chi connectivity index (χ3n) is 3.87. The summed E-state index contributed by atoms with van der Waals surface area (Å²) >= 11 is 0. The van der Waals surface area contributed by atoms with Gasteiger partial charge in [0.1, 0.15) is 24.4 Å². The maximum Gasteiger partial charge on any atom is 1.00 e. The molecule has 12 nitrogen and oxygen atoms in total. The number of rotatable bonds is 15. The summed E-state index contributed by atoms with van der Waals surface area (Å²) in [6.45, 7) is 5.11. The van der Waals surface area contributed by atoms with Gasteiger partial charge in [-0.25, -0.2) is 0 Å². The van der Waals surface area contributed by atoms with E-state index in [1.807, 2.05) is 0 Å². The van der Waals surface area contributed by atoms with E-state index in [2.05, 4.69) is 13.8 Å². The van der Waals surface area contributed by atoms with Gasteiger partial charge in [-0.15, -0.1) is 0 Å². The van der Waals surface area contributed by atoms with Gasteiger partial charge in [0.2, 0.25) is 0 Å². The molecule has 0 aliphatic carbocycles. The summed E-state index contributed by atoms with van der Waals surface area (Å²) in [5.41, 5.74) is 0. The number of hydrogen-bond acceptors (Lipinski definition) is 10. The van der Waals surface area contributed by atoms with E-state index in [1.54, 1.807) is 0 Å². The molecule has 0 aromatic carbocycles. The molecule has 0 fully saturated rings. The molecule has 0 spiro atoms. The topological polar surface area (TPSA) is 233 Å². The van der Waals surface area contributed by atoms with Crippen LogP contribution in [0.15, 0.2) is 0 Å². The number of aliphatic hydroxyl groups excluding tert-OH is 7. The Labute approximate surface area is 225 Å². The molecule has 0 aromatic heterocycles. The number of carbonyl (C=O) groups excluding carboxylic acids is 1. The van der Waals surface area contributed by atoms with Crippen molar-refractivity contribution in [3.63, 3.8) is 0 Å². The van der Waals surface area contributed by atoms with Crippen molar-refractivity contribution in [1.29, 1.82) is 0 Å². The molecule has 0 aliphatic heterocycles. The van der Waals surface area contributed by atoms with Crippen LogP contribution in [0.25, 0.3) is 0 Å². The Morgan fingerprint density at radius 1 is 0.765 bits per heavy atom. The number of carbonyl (C=O) groups is 1. The third-order valence-corrected chi connectivity index (χ3v) is 3.87. The first-order chi connectivity index (χ1) is 15.4. The predicted octanol–water partition coefficient (Wildman–Crippen LogP) is -3.32. The van der Waals surface area contributed by atoms with Crippen LogP contribution >= 0.6 is 0 Å². The summed E-state index contributed by atoms with van der Waals surface area (Å²) in [6, 6.07) is 0. The number of aldehydes is 1. The zero-order valence-corrected chi connectivity index (χ0v) is 23.3. The van der Waals surface area contributed by atoms with Crippen molar-refractivity contribution in [2.24, 2.45) is 0 Å². The molecule has 14 heteroatoms. The zero-order valence-electron chi connectivity index (χ0n) is 20.4. The SMILES string of the molecule is O=CC(O)C(O)C(O)C(O)CO.O=S(=O)(O)O.OCCO.[CH2-]CCCCCCCCCCC.[Na+]. The van der Waals surface area contributed by atoms with E-state index in [-0.39, 0.29) is 49.1 Å². The third kappa shape index (κ3) is 45.7. The second kappa shape index (κ2) is 33.3. The molecule has 4 atom stereocenters. The fourth-order valence-electron chi connectivity index (χ4n) is 2.11. The summed E-state index contributed by atoms with van der Waals surface area (Å²) in [5, 5.41) is 58.8. The Balaban J connectivity index is -0.000000120. The van der Waals surface area contributed by atoms with E-state index in [0.717, 1.165) is 6.42 Å². The molecule has 34 heavy (non-hydrogen) atoms. The maximum absolute atomic E-state index is 9.90. The molecule has 0 amide bonds. The van der Waals surface area contributed by atoms with Crippen molar-refractivity contribution < 1.29 is 87.6 Å². The van der Waals surface area contributed by atoms with Gasteiger partial charge >= 0.3 is 40.0 Å². The monoisotopic (exact) mass is 532 g/mol. The smallest absolute Gasteiger partial charge is 0.394 e. The number of aliphatic hydroxyl groups is 7. The van der Waals surface area contributed by atoms with Crippen molar-refractivity contribution in [2.75, 3.05) is 19.8 Å². The van der Waals surface area contributed by atoms with Crippen molar-refractivity contribution in [1.82, 2.24) is 0 Å². The summed E-state index contributed by atoms with van der Waals surface area (Å²) < 4.78 is 31.6.